The van der Waals surface area contributed by atoms with Gasteiger partial charge in [0.2, 0.25) is 0 Å². The van der Waals surface area contributed by atoms with Crippen LogP contribution in [-0.2, 0) is 6.54 Å². The number of hydrogen-bond donors (Lipinski definition) is 0. The van der Waals surface area contributed by atoms with E-state index in [0.29, 0.717) is 5.88 Å². The summed E-state index contributed by atoms with van der Waals surface area (Å²) in [6.45, 7) is 4.76. The van der Waals surface area contributed by atoms with E-state index in [4.69, 9.17) is 11.6 Å². The minimum absolute atomic E-state index is 0.0905. The van der Waals surface area contributed by atoms with Crippen LogP contribution in [0.15, 0.2) is 11.1 Å². The van der Waals surface area contributed by atoms with Crippen molar-refractivity contribution in [3.63, 3.8) is 0 Å². The molecule has 0 saturated carbocycles. The van der Waals surface area contributed by atoms with E-state index in [2.05, 4.69) is 4.98 Å². The molecule has 3 nitrogen and oxygen atoms in total. The van der Waals surface area contributed by atoms with Gasteiger partial charge in [-0.1, -0.05) is 6.42 Å². The van der Waals surface area contributed by atoms with E-state index in [1.165, 1.54) is 4.88 Å². The first-order valence-corrected chi connectivity index (χ1v) is 7.51. The topological polar surface area (TPSA) is 34.9 Å². The summed E-state index contributed by atoms with van der Waals surface area (Å²) in [7, 11) is 0. The average Bonchev–Trinajstić information content (AvgIpc) is 2.64. The molecule has 0 spiro atoms. The van der Waals surface area contributed by atoms with E-state index < -0.39 is 0 Å². The molecule has 2 aromatic heterocycles. The van der Waals surface area contributed by atoms with Crippen LogP contribution in [0.5, 0.6) is 0 Å². The van der Waals surface area contributed by atoms with Gasteiger partial charge in [0.25, 0.3) is 5.56 Å². The Hall–Kier alpha value is -0.870. The third kappa shape index (κ3) is 2.59. The van der Waals surface area contributed by atoms with E-state index in [9.17, 15) is 4.79 Å². The van der Waals surface area contributed by atoms with Crippen molar-refractivity contribution in [1.82, 2.24) is 9.55 Å². The van der Waals surface area contributed by atoms with Crippen LogP contribution in [0.2, 0.25) is 0 Å². The van der Waals surface area contributed by atoms with Crippen molar-refractivity contribution in [2.24, 2.45) is 0 Å². The molecule has 2 aromatic rings. The summed E-state index contributed by atoms with van der Waals surface area (Å²) in [6.07, 6.45) is 4.70. The van der Waals surface area contributed by atoms with Crippen LogP contribution in [0, 0.1) is 13.8 Å². The molecule has 0 amide bonds. The van der Waals surface area contributed by atoms with Crippen molar-refractivity contribution in [2.45, 2.75) is 39.7 Å². The number of rotatable bonds is 5. The number of hydrogen-bond acceptors (Lipinski definition) is 3. The summed E-state index contributed by atoms with van der Waals surface area (Å²) in [5.41, 5.74) is 1.16. The Bertz CT molecular complexity index is 603. The zero-order chi connectivity index (χ0) is 13.1. The lowest BCUT2D eigenvalue weighted by Crippen LogP contribution is -2.20. The third-order valence-electron chi connectivity index (χ3n) is 3.19. The van der Waals surface area contributed by atoms with Gasteiger partial charge in [-0.25, -0.2) is 4.98 Å². The van der Waals surface area contributed by atoms with E-state index in [-0.39, 0.29) is 5.56 Å². The molecule has 0 saturated heterocycles. The zero-order valence-corrected chi connectivity index (χ0v) is 12.3. The maximum absolute atomic E-state index is 12.3. The van der Waals surface area contributed by atoms with Crippen LogP contribution in [0.4, 0.5) is 0 Å². The maximum atomic E-state index is 12.3. The minimum Gasteiger partial charge on any atom is -0.299 e. The normalized spacial score (nSPS) is 11.3. The van der Waals surface area contributed by atoms with E-state index in [0.717, 1.165) is 41.6 Å². The van der Waals surface area contributed by atoms with Crippen LogP contribution in [0.3, 0.4) is 0 Å². The molecule has 0 radical (unpaired) electrons. The summed E-state index contributed by atoms with van der Waals surface area (Å²) >= 11 is 7.23. The van der Waals surface area contributed by atoms with Gasteiger partial charge in [0.05, 0.1) is 11.7 Å². The Morgan fingerprint density at radius 2 is 2.11 bits per heavy atom. The fourth-order valence-electron chi connectivity index (χ4n) is 1.98. The molecule has 0 atom stereocenters. The lowest BCUT2D eigenvalue weighted by molar-refractivity contribution is 0.585. The number of aryl methyl sites for hydroxylation is 3. The third-order valence-corrected chi connectivity index (χ3v) is 4.57. The quantitative estimate of drug-likeness (QED) is 0.622. The Morgan fingerprint density at radius 1 is 1.33 bits per heavy atom. The first kappa shape index (κ1) is 13.6. The molecular formula is C13H17ClN2OS. The Kier molecular flexibility index (Phi) is 4.40. The fourth-order valence-corrected chi connectivity index (χ4v) is 3.16. The van der Waals surface area contributed by atoms with Crippen molar-refractivity contribution in [1.29, 1.82) is 0 Å². The van der Waals surface area contributed by atoms with E-state index in [1.54, 1.807) is 22.2 Å². The fraction of sp³-hybridized carbons (Fsp3) is 0.538. The molecule has 0 aliphatic rings. The second-order valence-corrected chi connectivity index (χ2v) is 6.04. The van der Waals surface area contributed by atoms with E-state index >= 15 is 0 Å². The summed E-state index contributed by atoms with van der Waals surface area (Å²) in [4.78, 5) is 18.7. The number of halogens is 1. The van der Waals surface area contributed by atoms with Gasteiger partial charge in [0.15, 0.2) is 0 Å². The van der Waals surface area contributed by atoms with Crippen molar-refractivity contribution in [2.75, 3.05) is 5.88 Å². The zero-order valence-electron chi connectivity index (χ0n) is 10.7. The van der Waals surface area contributed by atoms with E-state index in [1.807, 2.05) is 13.8 Å². The molecule has 5 heteroatoms. The lowest BCUT2D eigenvalue weighted by Gasteiger charge is -2.04. The molecule has 2 rings (SSSR count). The summed E-state index contributed by atoms with van der Waals surface area (Å²) in [5.74, 6) is 0.690. The first-order valence-electron chi connectivity index (χ1n) is 6.16. The number of alkyl halides is 1. The standard InChI is InChI=1S/C13H17ClN2OS/c1-9-10(2)18-12-11(9)13(17)16(8-15-12)7-5-3-4-6-14/h8H,3-7H2,1-2H3. The molecule has 0 fully saturated rings. The van der Waals surface area contributed by atoms with Crippen LogP contribution in [0.25, 0.3) is 10.2 Å². The van der Waals surface area contributed by atoms with Gasteiger partial charge >= 0.3 is 0 Å². The number of thiophene rings is 1. The van der Waals surface area contributed by atoms with Crippen molar-refractivity contribution in [3.8, 4) is 0 Å². The van der Waals surface area contributed by atoms with Crippen LogP contribution >= 0.6 is 22.9 Å². The highest BCUT2D eigenvalue weighted by molar-refractivity contribution is 7.18. The predicted octanol–water partition coefficient (Wildman–Crippen LogP) is 3.48. The van der Waals surface area contributed by atoms with Crippen LogP contribution < -0.4 is 5.56 Å². The van der Waals surface area contributed by atoms with Gasteiger partial charge in [0.1, 0.15) is 4.83 Å². The van der Waals surface area contributed by atoms with Crippen LogP contribution in [-0.4, -0.2) is 15.4 Å². The van der Waals surface area contributed by atoms with Gasteiger partial charge in [-0.05, 0) is 32.3 Å². The van der Waals surface area contributed by atoms with Gasteiger partial charge in [-0.3, -0.25) is 9.36 Å². The van der Waals surface area contributed by atoms with Gasteiger partial charge in [-0.2, -0.15) is 0 Å². The predicted molar refractivity (Wildman–Crippen MR) is 77.9 cm³/mol. The van der Waals surface area contributed by atoms with Gasteiger partial charge in [-0.15, -0.1) is 22.9 Å². The molecule has 0 aliphatic carbocycles. The molecule has 0 aromatic carbocycles. The van der Waals surface area contributed by atoms with Crippen molar-refractivity contribution < 1.29 is 0 Å². The highest BCUT2D eigenvalue weighted by Gasteiger charge is 2.11. The average molecular weight is 285 g/mol. The molecule has 98 valence electrons. The number of unbranched alkanes of at least 4 members (excludes halogenated alkanes) is 2. The Morgan fingerprint density at radius 3 is 2.83 bits per heavy atom. The smallest absolute Gasteiger partial charge is 0.262 e. The Labute approximate surface area is 115 Å². The molecule has 18 heavy (non-hydrogen) atoms. The number of fused-ring (bicyclic) bond motifs is 1. The minimum atomic E-state index is 0.0905. The molecule has 0 aliphatic heterocycles. The van der Waals surface area contributed by atoms with Crippen LogP contribution in [0.1, 0.15) is 29.7 Å². The summed E-state index contributed by atoms with van der Waals surface area (Å²) < 4.78 is 1.72. The molecule has 0 N–H and O–H groups in total. The molecule has 0 unspecified atom stereocenters. The second kappa shape index (κ2) is 5.85. The molecule has 0 bridgehead atoms. The number of nitrogens with zero attached hydrogens (tertiary/aromatic N) is 2. The number of aromatic nitrogens is 2. The SMILES string of the molecule is Cc1sc2ncn(CCCCCCl)c(=O)c2c1C. The summed E-state index contributed by atoms with van der Waals surface area (Å²) in [5, 5.41) is 0.789. The van der Waals surface area contributed by atoms with Gasteiger partial charge < -0.3 is 0 Å². The highest BCUT2D eigenvalue weighted by atomic mass is 35.5. The molecule has 2 heterocycles. The summed E-state index contributed by atoms with van der Waals surface area (Å²) in [6, 6.07) is 0. The maximum Gasteiger partial charge on any atom is 0.262 e. The molecular weight excluding hydrogens is 268 g/mol. The lowest BCUT2D eigenvalue weighted by atomic mass is 10.2. The monoisotopic (exact) mass is 284 g/mol. The second-order valence-electron chi connectivity index (χ2n) is 4.46. The van der Waals surface area contributed by atoms with Crippen molar-refractivity contribution >= 4 is 33.2 Å². The first-order chi connectivity index (χ1) is 8.65. The van der Waals surface area contributed by atoms with Gasteiger partial charge in [0, 0.05) is 17.3 Å². The Balaban J connectivity index is 2.27. The highest BCUT2D eigenvalue weighted by Crippen LogP contribution is 2.25. The largest absolute Gasteiger partial charge is 0.299 e. The van der Waals surface area contributed by atoms with Crippen molar-refractivity contribution in [3.05, 3.63) is 27.1 Å².